The Morgan fingerprint density at radius 3 is 2.65 bits per heavy atom. The molecule has 92 valence electrons. The number of carbonyl (C=O) groups is 1. The molecule has 0 atom stereocenters. The molecule has 0 saturated heterocycles. The molecule has 1 heterocycles. The molecule has 3 N–H and O–H groups in total. The predicted octanol–water partition coefficient (Wildman–Crippen LogP) is 0.875. The van der Waals surface area contributed by atoms with E-state index in [0.29, 0.717) is 0 Å². The maximum Gasteiger partial charge on any atom is 0.270 e. The molecule has 1 aliphatic rings. The van der Waals surface area contributed by atoms with Gasteiger partial charge in [-0.15, -0.1) is 0 Å². The molecule has 1 fully saturated rings. The second-order valence-corrected chi connectivity index (χ2v) is 4.48. The molecule has 0 radical (unpaired) electrons. The highest BCUT2D eigenvalue weighted by atomic mass is 16.2. The quantitative estimate of drug-likeness (QED) is 0.454. The molecule has 1 aromatic heterocycles. The van der Waals surface area contributed by atoms with Crippen LogP contribution in [0.15, 0.2) is 16.9 Å². The molecular weight excluding hydrogens is 218 g/mol. The van der Waals surface area contributed by atoms with Gasteiger partial charge in [0.1, 0.15) is 5.56 Å². The maximum absolute atomic E-state index is 12.2. The Morgan fingerprint density at radius 1 is 1.41 bits per heavy atom. The fraction of sp³-hybridized carbons (Fsp3) is 0.500. The fourth-order valence-corrected chi connectivity index (χ4v) is 2.51. The Hall–Kier alpha value is -1.62. The van der Waals surface area contributed by atoms with E-state index in [-0.39, 0.29) is 17.2 Å². The molecule has 2 rings (SSSR count). The molecule has 0 aromatic carbocycles. The summed E-state index contributed by atoms with van der Waals surface area (Å²) in [6.07, 6.45) is 4.30. The van der Waals surface area contributed by atoms with Crippen molar-refractivity contribution in [3.8, 4) is 0 Å². The van der Waals surface area contributed by atoms with Crippen molar-refractivity contribution in [3.05, 3.63) is 33.7 Å². The summed E-state index contributed by atoms with van der Waals surface area (Å²) in [4.78, 5) is 23.7. The Morgan fingerprint density at radius 2 is 2.06 bits per heavy atom. The average molecular weight is 235 g/mol. The van der Waals surface area contributed by atoms with Crippen molar-refractivity contribution in [2.75, 3.05) is 0 Å². The van der Waals surface area contributed by atoms with Gasteiger partial charge in [0.05, 0.1) is 0 Å². The van der Waals surface area contributed by atoms with Gasteiger partial charge in [-0.05, 0) is 31.9 Å². The molecule has 0 aliphatic heterocycles. The lowest BCUT2D eigenvalue weighted by atomic mass is 10.1. The number of hydrogen-bond acceptors (Lipinski definition) is 3. The molecule has 1 saturated carbocycles. The van der Waals surface area contributed by atoms with E-state index in [2.05, 4.69) is 0 Å². The van der Waals surface area contributed by atoms with E-state index in [1.807, 2.05) is 12.3 Å². The summed E-state index contributed by atoms with van der Waals surface area (Å²) < 4.78 is 1.73. The first kappa shape index (κ1) is 11.9. The van der Waals surface area contributed by atoms with Gasteiger partial charge in [-0.1, -0.05) is 12.8 Å². The largest absolute Gasteiger partial charge is 0.309 e. The summed E-state index contributed by atoms with van der Waals surface area (Å²) in [6, 6.07) is 3.56. The van der Waals surface area contributed by atoms with Gasteiger partial charge in [-0.2, -0.15) is 0 Å². The Kier molecular flexibility index (Phi) is 3.28. The molecule has 17 heavy (non-hydrogen) atoms. The third-order valence-corrected chi connectivity index (χ3v) is 3.39. The third kappa shape index (κ3) is 2.10. The minimum atomic E-state index is -0.526. The lowest BCUT2D eigenvalue weighted by Crippen LogP contribution is -2.37. The van der Waals surface area contributed by atoms with E-state index in [1.54, 1.807) is 10.6 Å². The number of hydrogen-bond donors (Lipinski definition) is 2. The number of nitrogens with zero attached hydrogens (tertiary/aromatic N) is 1. The number of aromatic nitrogens is 1. The number of nitrogens with one attached hydrogen (secondary N) is 1. The summed E-state index contributed by atoms with van der Waals surface area (Å²) in [5.41, 5.74) is 2.79. The number of nitrogens with two attached hydrogens (primary N) is 1. The van der Waals surface area contributed by atoms with Gasteiger partial charge in [0.25, 0.3) is 11.5 Å². The first-order valence-corrected chi connectivity index (χ1v) is 5.88. The molecule has 1 aromatic rings. The topological polar surface area (TPSA) is 77.1 Å². The van der Waals surface area contributed by atoms with Crippen molar-refractivity contribution in [2.45, 2.75) is 38.6 Å². The van der Waals surface area contributed by atoms with E-state index < -0.39 is 5.91 Å². The van der Waals surface area contributed by atoms with Gasteiger partial charge in [0.2, 0.25) is 0 Å². The summed E-state index contributed by atoms with van der Waals surface area (Å²) in [6.45, 7) is 1.89. The number of aryl methyl sites for hydroxylation is 1. The molecule has 1 amide bonds. The van der Waals surface area contributed by atoms with Crippen molar-refractivity contribution < 1.29 is 4.79 Å². The van der Waals surface area contributed by atoms with Gasteiger partial charge < -0.3 is 4.57 Å². The fourth-order valence-electron chi connectivity index (χ4n) is 2.51. The number of rotatable bonds is 2. The highest BCUT2D eigenvalue weighted by Gasteiger charge is 2.21. The van der Waals surface area contributed by atoms with Crippen molar-refractivity contribution in [3.63, 3.8) is 0 Å². The van der Waals surface area contributed by atoms with E-state index in [4.69, 9.17) is 5.84 Å². The zero-order chi connectivity index (χ0) is 12.4. The van der Waals surface area contributed by atoms with E-state index in [0.717, 1.165) is 31.4 Å². The number of nitrogen functional groups attached to an aromatic ring is 1. The molecule has 5 heteroatoms. The van der Waals surface area contributed by atoms with E-state index in [9.17, 15) is 9.59 Å². The SMILES string of the molecule is Cc1ccc(C(=O)NN)c(=O)n1C1CCCC1. The van der Waals surface area contributed by atoms with Gasteiger partial charge in [0.15, 0.2) is 0 Å². The van der Waals surface area contributed by atoms with Crippen molar-refractivity contribution >= 4 is 5.91 Å². The van der Waals surface area contributed by atoms with Crippen LogP contribution in [0.4, 0.5) is 0 Å². The minimum Gasteiger partial charge on any atom is -0.309 e. The Labute approximate surface area is 99.6 Å². The summed E-state index contributed by atoms with van der Waals surface area (Å²) >= 11 is 0. The number of carbonyl (C=O) groups excluding carboxylic acids is 1. The first-order valence-electron chi connectivity index (χ1n) is 5.88. The van der Waals surface area contributed by atoms with Crippen LogP contribution in [0.3, 0.4) is 0 Å². The van der Waals surface area contributed by atoms with Crippen LogP contribution < -0.4 is 16.8 Å². The second kappa shape index (κ2) is 4.71. The first-order chi connectivity index (χ1) is 8.15. The van der Waals surface area contributed by atoms with Crippen molar-refractivity contribution in [1.82, 2.24) is 9.99 Å². The molecule has 0 unspecified atom stereocenters. The van der Waals surface area contributed by atoms with Gasteiger partial charge in [-0.3, -0.25) is 15.0 Å². The minimum absolute atomic E-state index is 0.116. The Bertz CT molecular complexity index is 487. The lowest BCUT2D eigenvalue weighted by molar-refractivity contribution is 0.0951. The van der Waals surface area contributed by atoms with Crippen LogP contribution in [-0.2, 0) is 0 Å². The van der Waals surface area contributed by atoms with Crippen LogP contribution in [0, 0.1) is 6.92 Å². The van der Waals surface area contributed by atoms with Crippen molar-refractivity contribution in [1.29, 1.82) is 0 Å². The van der Waals surface area contributed by atoms with Gasteiger partial charge >= 0.3 is 0 Å². The number of hydrazine groups is 1. The lowest BCUT2D eigenvalue weighted by Gasteiger charge is -2.17. The van der Waals surface area contributed by atoms with Crippen LogP contribution in [0.2, 0.25) is 0 Å². The number of pyridine rings is 1. The zero-order valence-corrected chi connectivity index (χ0v) is 9.90. The number of amides is 1. The zero-order valence-electron chi connectivity index (χ0n) is 9.90. The monoisotopic (exact) mass is 235 g/mol. The van der Waals surface area contributed by atoms with Crippen LogP contribution >= 0.6 is 0 Å². The Balaban J connectivity index is 2.50. The summed E-state index contributed by atoms with van der Waals surface area (Å²) in [5, 5.41) is 0. The van der Waals surface area contributed by atoms with E-state index >= 15 is 0 Å². The molecule has 0 bridgehead atoms. The van der Waals surface area contributed by atoms with Crippen LogP contribution in [0.25, 0.3) is 0 Å². The van der Waals surface area contributed by atoms with E-state index in [1.165, 1.54) is 6.07 Å². The smallest absolute Gasteiger partial charge is 0.270 e. The molecule has 1 aliphatic carbocycles. The second-order valence-electron chi connectivity index (χ2n) is 4.48. The molecule has 0 spiro atoms. The highest BCUT2D eigenvalue weighted by molar-refractivity contribution is 5.93. The van der Waals surface area contributed by atoms with Crippen LogP contribution in [0.1, 0.15) is 47.8 Å². The third-order valence-electron chi connectivity index (χ3n) is 3.39. The maximum atomic E-state index is 12.2. The predicted molar refractivity (Wildman–Crippen MR) is 64.6 cm³/mol. The summed E-state index contributed by atoms with van der Waals surface area (Å²) in [7, 11) is 0. The molecular formula is C12H17N3O2. The highest BCUT2D eigenvalue weighted by Crippen LogP contribution is 2.29. The standard InChI is InChI=1S/C12H17N3O2/c1-8-6-7-10(11(16)14-13)12(17)15(8)9-4-2-3-5-9/h6-7,9H,2-5,13H2,1H3,(H,14,16). The average Bonchev–Trinajstić information content (AvgIpc) is 2.82. The van der Waals surface area contributed by atoms with Crippen LogP contribution in [0.5, 0.6) is 0 Å². The summed E-state index contributed by atoms with van der Waals surface area (Å²) in [5.74, 6) is 4.54. The van der Waals surface area contributed by atoms with Crippen LogP contribution in [-0.4, -0.2) is 10.5 Å². The normalized spacial score (nSPS) is 16.1. The van der Waals surface area contributed by atoms with Gasteiger partial charge in [0, 0.05) is 11.7 Å². The van der Waals surface area contributed by atoms with Gasteiger partial charge in [-0.25, -0.2) is 5.84 Å². The van der Waals surface area contributed by atoms with Crippen molar-refractivity contribution in [2.24, 2.45) is 5.84 Å². The molecule has 5 nitrogen and oxygen atoms in total.